The largest absolute Gasteiger partial charge is 0.379 e. The monoisotopic (exact) mass is 513 g/mol. The maximum absolute atomic E-state index is 5.53. The molecule has 0 spiro atoms. The number of aromatic amines is 1. The van der Waals surface area contributed by atoms with Crippen molar-refractivity contribution in [1.29, 1.82) is 0 Å². The van der Waals surface area contributed by atoms with Gasteiger partial charge in [-0.1, -0.05) is 32.0 Å². The zero-order valence-electron chi connectivity index (χ0n) is 17.9. The molecule has 1 aromatic carbocycles. The Hall–Kier alpha value is -1.32. The lowest BCUT2D eigenvalue weighted by Gasteiger charge is -2.35. The van der Waals surface area contributed by atoms with Crippen molar-refractivity contribution in [2.45, 2.75) is 39.8 Å². The highest BCUT2D eigenvalue weighted by Gasteiger charge is 2.22. The van der Waals surface area contributed by atoms with Gasteiger partial charge in [0.05, 0.1) is 19.8 Å². The third-order valence-corrected chi connectivity index (χ3v) is 5.15. The number of hydrogen-bond acceptors (Lipinski definition) is 3. The molecule has 3 N–H and O–H groups in total. The first-order valence-electron chi connectivity index (χ1n) is 10.6. The van der Waals surface area contributed by atoms with Crippen LogP contribution < -0.4 is 10.6 Å². The number of benzene rings is 1. The molecule has 0 amide bonds. The summed E-state index contributed by atoms with van der Waals surface area (Å²) >= 11 is 0. The highest BCUT2D eigenvalue weighted by atomic mass is 127. The fourth-order valence-corrected chi connectivity index (χ4v) is 3.79. The molecule has 1 aliphatic rings. The molecule has 1 saturated heterocycles. The first-order chi connectivity index (χ1) is 13.7. The molecule has 0 aliphatic carbocycles. The average Bonchev–Trinajstić information content (AvgIpc) is 3.12. The Bertz CT molecular complexity index is 721. The maximum Gasteiger partial charge on any atom is 0.191 e. The zero-order chi connectivity index (χ0) is 19.8. The van der Waals surface area contributed by atoms with E-state index in [4.69, 9.17) is 9.73 Å². The van der Waals surface area contributed by atoms with Crippen molar-refractivity contribution in [2.75, 3.05) is 39.4 Å². The van der Waals surface area contributed by atoms with Crippen LogP contribution in [0.5, 0.6) is 0 Å². The molecule has 29 heavy (non-hydrogen) atoms. The van der Waals surface area contributed by atoms with Gasteiger partial charge in [-0.3, -0.25) is 4.90 Å². The van der Waals surface area contributed by atoms with Gasteiger partial charge in [0, 0.05) is 43.4 Å². The molecule has 162 valence electrons. The minimum Gasteiger partial charge on any atom is -0.379 e. The summed E-state index contributed by atoms with van der Waals surface area (Å²) in [6, 6.07) is 11.0. The average molecular weight is 513 g/mol. The van der Waals surface area contributed by atoms with Gasteiger partial charge in [-0.15, -0.1) is 24.0 Å². The Labute approximate surface area is 191 Å². The number of aromatic nitrogens is 1. The van der Waals surface area contributed by atoms with E-state index in [1.165, 1.54) is 11.8 Å². The third-order valence-electron chi connectivity index (χ3n) is 5.15. The second-order valence-corrected chi connectivity index (χ2v) is 7.89. The molecule has 1 atom stereocenters. The summed E-state index contributed by atoms with van der Waals surface area (Å²) < 4.78 is 5.53. The number of ether oxygens (including phenoxy) is 1. The molecule has 6 nitrogen and oxygen atoms in total. The van der Waals surface area contributed by atoms with Crippen LogP contribution in [0.15, 0.2) is 35.3 Å². The first-order valence-corrected chi connectivity index (χ1v) is 10.6. The molecule has 1 aromatic heterocycles. The van der Waals surface area contributed by atoms with E-state index >= 15 is 0 Å². The topological polar surface area (TPSA) is 64.7 Å². The van der Waals surface area contributed by atoms with Crippen LogP contribution in [-0.2, 0) is 11.3 Å². The predicted octanol–water partition coefficient (Wildman–Crippen LogP) is 3.59. The van der Waals surface area contributed by atoms with Gasteiger partial charge < -0.3 is 20.4 Å². The second-order valence-electron chi connectivity index (χ2n) is 7.89. The third kappa shape index (κ3) is 7.46. The van der Waals surface area contributed by atoms with Crippen LogP contribution in [0.25, 0.3) is 10.9 Å². The van der Waals surface area contributed by atoms with Crippen LogP contribution >= 0.6 is 24.0 Å². The SMILES string of the molecule is CCNC(=NCc1cc2ccccc2[nH]1)NCC(CC(C)C)N1CCOCC1.I. The van der Waals surface area contributed by atoms with Gasteiger partial charge in [0.25, 0.3) is 0 Å². The molecule has 0 bridgehead atoms. The van der Waals surface area contributed by atoms with Crippen LogP contribution in [0, 0.1) is 5.92 Å². The lowest BCUT2D eigenvalue weighted by atomic mass is 10.0. The molecule has 3 rings (SSSR count). The van der Waals surface area contributed by atoms with E-state index in [9.17, 15) is 0 Å². The molecular weight excluding hydrogens is 477 g/mol. The molecule has 0 saturated carbocycles. The van der Waals surface area contributed by atoms with Gasteiger partial charge in [0.1, 0.15) is 0 Å². The Morgan fingerprint density at radius 3 is 2.66 bits per heavy atom. The number of nitrogens with one attached hydrogen (secondary N) is 3. The minimum absolute atomic E-state index is 0. The highest BCUT2D eigenvalue weighted by Crippen LogP contribution is 2.15. The lowest BCUT2D eigenvalue weighted by Crippen LogP contribution is -2.51. The fourth-order valence-electron chi connectivity index (χ4n) is 3.79. The molecule has 2 aromatic rings. The number of morpholine rings is 1. The number of guanidine groups is 1. The summed E-state index contributed by atoms with van der Waals surface area (Å²) in [6.07, 6.45) is 1.18. The number of hydrogen-bond donors (Lipinski definition) is 3. The van der Waals surface area contributed by atoms with Gasteiger partial charge in [-0.25, -0.2) is 4.99 Å². The number of nitrogens with zero attached hydrogens (tertiary/aromatic N) is 2. The Kier molecular flexibility index (Phi) is 10.2. The van der Waals surface area contributed by atoms with E-state index in [-0.39, 0.29) is 24.0 Å². The summed E-state index contributed by atoms with van der Waals surface area (Å²) in [5.41, 5.74) is 2.29. The van der Waals surface area contributed by atoms with Crippen molar-refractivity contribution in [3.63, 3.8) is 0 Å². The number of para-hydroxylation sites is 1. The number of fused-ring (bicyclic) bond motifs is 1. The summed E-state index contributed by atoms with van der Waals surface area (Å²) in [6.45, 7) is 12.8. The second kappa shape index (κ2) is 12.4. The van der Waals surface area contributed by atoms with Crippen LogP contribution in [0.3, 0.4) is 0 Å². The molecule has 1 fully saturated rings. The van der Waals surface area contributed by atoms with Gasteiger partial charge in [-0.2, -0.15) is 0 Å². The van der Waals surface area contributed by atoms with Gasteiger partial charge >= 0.3 is 0 Å². The van der Waals surface area contributed by atoms with E-state index in [0.29, 0.717) is 18.5 Å². The van der Waals surface area contributed by atoms with Crippen molar-refractivity contribution in [3.05, 3.63) is 36.0 Å². The van der Waals surface area contributed by atoms with Crippen LogP contribution in [-0.4, -0.2) is 61.3 Å². The summed E-state index contributed by atoms with van der Waals surface area (Å²) in [4.78, 5) is 10.8. The van der Waals surface area contributed by atoms with Crippen LogP contribution in [0.4, 0.5) is 0 Å². The van der Waals surface area contributed by atoms with Crippen molar-refractivity contribution in [1.82, 2.24) is 20.5 Å². The van der Waals surface area contributed by atoms with Crippen LogP contribution in [0.1, 0.15) is 32.9 Å². The summed E-state index contributed by atoms with van der Waals surface area (Å²) in [5, 5.41) is 8.18. The van der Waals surface area contributed by atoms with Gasteiger partial charge in [0.15, 0.2) is 5.96 Å². The standard InChI is InChI=1S/C22H35N5O.HI/c1-4-23-22(24-15-19-14-18-7-5-6-8-21(18)26-19)25-16-20(13-17(2)3)27-9-11-28-12-10-27;/h5-8,14,17,20,26H,4,9-13,15-16H2,1-3H3,(H2,23,24,25);1H. The smallest absolute Gasteiger partial charge is 0.191 e. The summed E-state index contributed by atoms with van der Waals surface area (Å²) in [5.74, 6) is 1.55. The van der Waals surface area contributed by atoms with Crippen molar-refractivity contribution < 1.29 is 4.74 Å². The minimum atomic E-state index is 0. The van der Waals surface area contributed by atoms with E-state index in [2.05, 4.69) is 71.6 Å². The molecule has 2 heterocycles. The first kappa shape index (κ1) is 24.0. The number of aliphatic imine (C=N–C) groups is 1. The molecule has 7 heteroatoms. The molecular formula is C22H36IN5O. The Balaban J connectivity index is 0.00000300. The number of halogens is 1. The van der Waals surface area contributed by atoms with E-state index in [0.717, 1.165) is 56.6 Å². The number of H-pyrrole nitrogens is 1. The fraction of sp³-hybridized carbons (Fsp3) is 0.591. The predicted molar refractivity (Wildman–Crippen MR) is 132 cm³/mol. The molecule has 1 aliphatic heterocycles. The van der Waals surface area contributed by atoms with E-state index in [1.54, 1.807) is 0 Å². The summed E-state index contributed by atoms with van der Waals surface area (Å²) in [7, 11) is 0. The van der Waals surface area contributed by atoms with E-state index < -0.39 is 0 Å². The van der Waals surface area contributed by atoms with Gasteiger partial charge in [0.2, 0.25) is 0 Å². The van der Waals surface area contributed by atoms with Crippen LogP contribution in [0.2, 0.25) is 0 Å². The molecule has 1 unspecified atom stereocenters. The molecule has 0 radical (unpaired) electrons. The quantitative estimate of drug-likeness (QED) is 0.287. The highest BCUT2D eigenvalue weighted by molar-refractivity contribution is 14.0. The van der Waals surface area contributed by atoms with E-state index in [1.807, 2.05) is 0 Å². The Morgan fingerprint density at radius 2 is 1.97 bits per heavy atom. The zero-order valence-corrected chi connectivity index (χ0v) is 20.2. The normalized spacial score (nSPS) is 16.6. The van der Waals surface area contributed by atoms with Crippen molar-refractivity contribution >= 4 is 40.8 Å². The Morgan fingerprint density at radius 1 is 1.21 bits per heavy atom. The van der Waals surface area contributed by atoms with Gasteiger partial charge in [-0.05, 0) is 36.8 Å². The lowest BCUT2D eigenvalue weighted by molar-refractivity contribution is 0.0132. The van der Waals surface area contributed by atoms with Crippen molar-refractivity contribution in [2.24, 2.45) is 10.9 Å². The maximum atomic E-state index is 5.53. The number of rotatable bonds is 8. The van der Waals surface area contributed by atoms with Crippen molar-refractivity contribution in [3.8, 4) is 0 Å².